The van der Waals surface area contributed by atoms with E-state index in [1.54, 1.807) is 37.4 Å². The second-order valence-corrected chi connectivity index (χ2v) is 4.81. The van der Waals surface area contributed by atoms with Gasteiger partial charge in [-0.2, -0.15) is 0 Å². The highest BCUT2D eigenvalue weighted by molar-refractivity contribution is 5.97. The highest BCUT2D eigenvalue weighted by Gasteiger charge is 2.16. The fourth-order valence-corrected chi connectivity index (χ4v) is 2.10. The number of carbonyl (C=O) groups is 1. The molecule has 116 valence electrons. The SMILES string of the molecule is COc1ccc(C(=O)NC(C)c2ccc(F)cc2)c(OC)c1. The summed E-state index contributed by atoms with van der Waals surface area (Å²) in [5.74, 6) is 0.471. The lowest BCUT2D eigenvalue weighted by Gasteiger charge is -2.16. The molecule has 0 saturated carbocycles. The Kier molecular flexibility index (Phi) is 4.99. The molecule has 0 aromatic heterocycles. The van der Waals surface area contributed by atoms with Crippen LogP contribution in [-0.2, 0) is 0 Å². The smallest absolute Gasteiger partial charge is 0.255 e. The Hall–Kier alpha value is -2.56. The van der Waals surface area contributed by atoms with E-state index in [1.165, 1.54) is 19.2 Å². The summed E-state index contributed by atoms with van der Waals surface area (Å²) in [6.45, 7) is 1.83. The molecule has 1 N–H and O–H groups in total. The number of halogens is 1. The molecular weight excluding hydrogens is 285 g/mol. The Bertz CT molecular complexity index is 655. The third-order valence-electron chi connectivity index (χ3n) is 3.37. The molecule has 2 aromatic rings. The zero-order chi connectivity index (χ0) is 16.1. The van der Waals surface area contributed by atoms with E-state index in [4.69, 9.17) is 9.47 Å². The summed E-state index contributed by atoms with van der Waals surface area (Å²) in [6.07, 6.45) is 0. The zero-order valence-electron chi connectivity index (χ0n) is 12.7. The molecule has 0 aliphatic rings. The topological polar surface area (TPSA) is 47.6 Å². The maximum Gasteiger partial charge on any atom is 0.255 e. The van der Waals surface area contributed by atoms with Crippen molar-refractivity contribution in [1.82, 2.24) is 5.32 Å². The molecule has 0 aliphatic carbocycles. The van der Waals surface area contributed by atoms with Crippen molar-refractivity contribution in [1.29, 1.82) is 0 Å². The first-order valence-corrected chi connectivity index (χ1v) is 6.83. The molecule has 2 rings (SSSR count). The molecule has 0 spiro atoms. The molecule has 2 aromatic carbocycles. The molecule has 1 amide bonds. The maximum atomic E-state index is 12.9. The molecule has 1 unspecified atom stereocenters. The number of nitrogens with one attached hydrogen (secondary N) is 1. The van der Waals surface area contributed by atoms with Crippen molar-refractivity contribution in [2.45, 2.75) is 13.0 Å². The fraction of sp³-hybridized carbons (Fsp3) is 0.235. The van der Waals surface area contributed by atoms with Crippen molar-refractivity contribution >= 4 is 5.91 Å². The largest absolute Gasteiger partial charge is 0.497 e. The van der Waals surface area contributed by atoms with Crippen molar-refractivity contribution in [3.05, 3.63) is 59.4 Å². The summed E-state index contributed by atoms with van der Waals surface area (Å²) in [6, 6.07) is 10.8. The van der Waals surface area contributed by atoms with E-state index in [1.807, 2.05) is 6.92 Å². The normalized spacial score (nSPS) is 11.6. The monoisotopic (exact) mass is 303 g/mol. The van der Waals surface area contributed by atoms with Crippen molar-refractivity contribution in [2.24, 2.45) is 0 Å². The Morgan fingerprint density at radius 2 is 1.77 bits per heavy atom. The number of ether oxygens (including phenoxy) is 2. The summed E-state index contributed by atoms with van der Waals surface area (Å²) in [5, 5.41) is 2.86. The van der Waals surface area contributed by atoms with Gasteiger partial charge < -0.3 is 14.8 Å². The van der Waals surface area contributed by atoms with E-state index in [2.05, 4.69) is 5.32 Å². The van der Waals surface area contributed by atoms with Crippen LogP contribution in [0.2, 0.25) is 0 Å². The van der Waals surface area contributed by atoms with Crippen LogP contribution < -0.4 is 14.8 Å². The molecular formula is C17H18FNO3. The number of amides is 1. The number of methoxy groups -OCH3 is 2. The lowest BCUT2D eigenvalue weighted by molar-refractivity contribution is 0.0937. The van der Waals surface area contributed by atoms with Crippen LogP contribution in [0.5, 0.6) is 11.5 Å². The maximum absolute atomic E-state index is 12.9. The molecule has 0 radical (unpaired) electrons. The molecule has 0 aliphatic heterocycles. The van der Waals surface area contributed by atoms with Crippen LogP contribution in [0.25, 0.3) is 0 Å². The van der Waals surface area contributed by atoms with E-state index in [-0.39, 0.29) is 17.8 Å². The minimum absolute atomic E-state index is 0.250. The summed E-state index contributed by atoms with van der Waals surface area (Å²) >= 11 is 0. The van der Waals surface area contributed by atoms with Crippen LogP contribution in [0.4, 0.5) is 4.39 Å². The predicted octanol–water partition coefficient (Wildman–Crippen LogP) is 3.33. The lowest BCUT2D eigenvalue weighted by Crippen LogP contribution is -2.27. The van der Waals surface area contributed by atoms with E-state index >= 15 is 0 Å². The molecule has 0 fully saturated rings. The fourth-order valence-electron chi connectivity index (χ4n) is 2.10. The highest BCUT2D eigenvalue weighted by atomic mass is 19.1. The van der Waals surface area contributed by atoms with Crippen LogP contribution >= 0.6 is 0 Å². The molecule has 0 bridgehead atoms. The first-order valence-electron chi connectivity index (χ1n) is 6.83. The second-order valence-electron chi connectivity index (χ2n) is 4.81. The van der Waals surface area contributed by atoms with Gasteiger partial charge in [-0.05, 0) is 36.8 Å². The molecule has 22 heavy (non-hydrogen) atoms. The van der Waals surface area contributed by atoms with Gasteiger partial charge in [0.15, 0.2) is 0 Å². The van der Waals surface area contributed by atoms with Crippen LogP contribution in [0.15, 0.2) is 42.5 Å². The third kappa shape index (κ3) is 3.55. The molecule has 1 atom stereocenters. The van der Waals surface area contributed by atoms with Crippen molar-refractivity contribution in [3.8, 4) is 11.5 Å². The summed E-state index contributed by atoms with van der Waals surface area (Å²) in [4.78, 5) is 12.4. The minimum atomic E-state index is -0.306. The Labute approximate surface area is 128 Å². The van der Waals surface area contributed by atoms with Gasteiger partial charge in [-0.1, -0.05) is 12.1 Å². The number of hydrogen-bond donors (Lipinski definition) is 1. The van der Waals surface area contributed by atoms with Gasteiger partial charge in [-0.3, -0.25) is 4.79 Å². The molecule has 0 heterocycles. The molecule has 4 nitrogen and oxygen atoms in total. The van der Waals surface area contributed by atoms with Crippen LogP contribution in [0, 0.1) is 5.82 Å². The van der Waals surface area contributed by atoms with Gasteiger partial charge in [0.25, 0.3) is 5.91 Å². The standard InChI is InChI=1S/C17H18FNO3/c1-11(12-4-6-13(18)7-5-12)19-17(20)15-9-8-14(21-2)10-16(15)22-3/h4-11H,1-3H3,(H,19,20). The predicted molar refractivity (Wildman–Crippen MR) is 81.8 cm³/mol. The summed E-state index contributed by atoms with van der Waals surface area (Å²) in [7, 11) is 3.04. The lowest BCUT2D eigenvalue weighted by atomic mass is 10.1. The Morgan fingerprint density at radius 3 is 2.36 bits per heavy atom. The van der Waals surface area contributed by atoms with Gasteiger partial charge >= 0.3 is 0 Å². The van der Waals surface area contributed by atoms with Crippen molar-refractivity contribution in [3.63, 3.8) is 0 Å². The molecule has 0 saturated heterocycles. The first kappa shape index (κ1) is 15.8. The van der Waals surface area contributed by atoms with E-state index < -0.39 is 0 Å². The Balaban J connectivity index is 2.16. The van der Waals surface area contributed by atoms with Crippen molar-refractivity contribution < 1.29 is 18.7 Å². The zero-order valence-corrected chi connectivity index (χ0v) is 12.7. The summed E-state index contributed by atoms with van der Waals surface area (Å²) in [5.41, 5.74) is 1.24. The third-order valence-corrected chi connectivity index (χ3v) is 3.37. The van der Waals surface area contributed by atoms with E-state index in [0.717, 1.165) is 5.56 Å². The van der Waals surface area contributed by atoms with Crippen LogP contribution in [0.3, 0.4) is 0 Å². The van der Waals surface area contributed by atoms with Crippen LogP contribution in [0.1, 0.15) is 28.9 Å². The second kappa shape index (κ2) is 6.93. The van der Waals surface area contributed by atoms with Gasteiger partial charge in [-0.25, -0.2) is 4.39 Å². The number of hydrogen-bond acceptors (Lipinski definition) is 3. The minimum Gasteiger partial charge on any atom is -0.497 e. The quantitative estimate of drug-likeness (QED) is 0.921. The van der Waals surface area contributed by atoms with Crippen LogP contribution in [-0.4, -0.2) is 20.1 Å². The van der Waals surface area contributed by atoms with Gasteiger partial charge in [0.05, 0.1) is 25.8 Å². The first-order chi connectivity index (χ1) is 10.5. The van der Waals surface area contributed by atoms with Gasteiger partial charge in [0, 0.05) is 6.07 Å². The number of carbonyl (C=O) groups excluding carboxylic acids is 1. The number of benzene rings is 2. The van der Waals surface area contributed by atoms with E-state index in [9.17, 15) is 9.18 Å². The average Bonchev–Trinajstić information content (AvgIpc) is 2.54. The average molecular weight is 303 g/mol. The molecule has 5 heteroatoms. The van der Waals surface area contributed by atoms with Gasteiger partial charge in [0.1, 0.15) is 17.3 Å². The summed E-state index contributed by atoms with van der Waals surface area (Å²) < 4.78 is 23.3. The highest BCUT2D eigenvalue weighted by Crippen LogP contribution is 2.25. The number of rotatable bonds is 5. The van der Waals surface area contributed by atoms with Gasteiger partial charge in [0.2, 0.25) is 0 Å². The Morgan fingerprint density at radius 1 is 1.09 bits per heavy atom. The van der Waals surface area contributed by atoms with Crippen molar-refractivity contribution in [2.75, 3.05) is 14.2 Å². The van der Waals surface area contributed by atoms with Gasteiger partial charge in [-0.15, -0.1) is 0 Å². The van der Waals surface area contributed by atoms with E-state index in [0.29, 0.717) is 17.1 Å².